The van der Waals surface area contributed by atoms with E-state index in [2.05, 4.69) is 14.8 Å². The molecule has 2 aromatic carbocycles. The monoisotopic (exact) mass is 555 g/mol. The molecule has 11 heteroatoms. The molecule has 0 unspecified atom stereocenters. The van der Waals surface area contributed by atoms with Crippen molar-refractivity contribution in [2.24, 2.45) is 0 Å². The van der Waals surface area contributed by atoms with Gasteiger partial charge in [0.2, 0.25) is 0 Å². The minimum absolute atomic E-state index is 0.00274. The van der Waals surface area contributed by atoms with E-state index in [1.54, 1.807) is 17.6 Å². The van der Waals surface area contributed by atoms with Crippen LogP contribution in [0.15, 0.2) is 54.0 Å². The molecule has 204 valence electrons. The van der Waals surface area contributed by atoms with Gasteiger partial charge in [-0.15, -0.1) is 11.3 Å². The van der Waals surface area contributed by atoms with Crippen LogP contribution in [0.25, 0.3) is 0 Å². The minimum Gasteiger partial charge on any atom is -0.367 e. The fraction of sp³-hybridized carbons (Fsp3) is 0.393. The van der Waals surface area contributed by atoms with Gasteiger partial charge in [-0.25, -0.2) is 4.98 Å². The van der Waals surface area contributed by atoms with Crippen LogP contribution in [0.4, 0.5) is 18.9 Å². The summed E-state index contributed by atoms with van der Waals surface area (Å²) in [6.07, 6.45) is -1.97. The summed E-state index contributed by atoms with van der Waals surface area (Å²) in [6, 6.07) is 11.4. The van der Waals surface area contributed by atoms with Crippen molar-refractivity contribution in [3.63, 3.8) is 0 Å². The standard InChI is InChI=1S/C28H28F3N5O2S/c29-28(30,31)22-3-1-2-19(14-22)16-35-8-6-20-15-21(4-5-24(20)35)26(37)36-17-23(18-36)33-9-11-34(12-10-33)27(38)25-32-7-13-39-25/h1-5,7,13-15,23H,6,8-12,16-18H2. The second kappa shape index (κ2) is 10.3. The van der Waals surface area contributed by atoms with Gasteiger partial charge in [-0.05, 0) is 47.9 Å². The van der Waals surface area contributed by atoms with Gasteiger partial charge >= 0.3 is 6.18 Å². The van der Waals surface area contributed by atoms with E-state index in [-0.39, 0.29) is 11.8 Å². The summed E-state index contributed by atoms with van der Waals surface area (Å²) in [7, 11) is 0. The Labute approximate surface area is 228 Å². The Hall–Kier alpha value is -3.44. The maximum Gasteiger partial charge on any atom is 0.416 e. The van der Waals surface area contributed by atoms with E-state index in [4.69, 9.17) is 0 Å². The first kappa shape index (κ1) is 25.8. The highest BCUT2D eigenvalue weighted by molar-refractivity contribution is 7.11. The third-order valence-electron chi connectivity index (χ3n) is 7.83. The van der Waals surface area contributed by atoms with Gasteiger partial charge < -0.3 is 14.7 Å². The molecule has 0 N–H and O–H groups in total. The first-order chi connectivity index (χ1) is 18.8. The van der Waals surface area contributed by atoms with Crippen LogP contribution in [0, 0.1) is 0 Å². The summed E-state index contributed by atoms with van der Waals surface area (Å²) in [6.45, 7) is 5.30. The van der Waals surface area contributed by atoms with E-state index in [1.807, 2.05) is 28.0 Å². The molecule has 3 aliphatic rings. The van der Waals surface area contributed by atoms with Crippen LogP contribution >= 0.6 is 11.3 Å². The number of fused-ring (bicyclic) bond motifs is 1. The van der Waals surface area contributed by atoms with Crippen LogP contribution < -0.4 is 4.90 Å². The van der Waals surface area contributed by atoms with Gasteiger partial charge in [0.1, 0.15) is 0 Å². The maximum absolute atomic E-state index is 13.2. The number of anilines is 1. The average molecular weight is 556 g/mol. The number of piperazine rings is 1. The SMILES string of the molecule is O=C(c1ccc2c(c1)CCN2Cc1cccc(C(F)(F)F)c1)N1CC(N2CCN(C(=O)c3nccs3)CC2)C1. The zero-order valence-corrected chi connectivity index (χ0v) is 22.0. The molecule has 3 aliphatic heterocycles. The molecule has 7 nitrogen and oxygen atoms in total. The van der Waals surface area contributed by atoms with E-state index < -0.39 is 11.7 Å². The number of thiazole rings is 1. The molecular formula is C28H28F3N5O2S. The molecule has 0 radical (unpaired) electrons. The molecule has 1 aromatic heterocycles. The number of carbonyl (C=O) groups is 2. The number of aromatic nitrogens is 1. The van der Waals surface area contributed by atoms with Gasteiger partial charge in [0.05, 0.1) is 5.56 Å². The minimum atomic E-state index is -4.36. The number of alkyl halides is 3. The van der Waals surface area contributed by atoms with Crippen molar-refractivity contribution in [2.75, 3.05) is 50.7 Å². The highest BCUT2D eigenvalue weighted by Gasteiger charge is 2.37. The topological polar surface area (TPSA) is 60.0 Å². The number of likely N-dealkylation sites (tertiary alicyclic amines) is 1. The number of hydrogen-bond donors (Lipinski definition) is 0. The number of benzene rings is 2. The van der Waals surface area contributed by atoms with Gasteiger partial charge in [0, 0.05) is 81.2 Å². The summed E-state index contributed by atoms with van der Waals surface area (Å²) < 4.78 is 39.3. The van der Waals surface area contributed by atoms with E-state index in [9.17, 15) is 22.8 Å². The molecule has 39 heavy (non-hydrogen) atoms. The van der Waals surface area contributed by atoms with Crippen LogP contribution in [0.1, 0.15) is 36.9 Å². The molecule has 3 aromatic rings. The van der Waals surface area contributed by atoms with Crippen LogP contribution in [-0.4, -0.2) is 83.4 Å². The molecule has 0 saturated carbocycles. The molecule has 0 spiro atoms. The Morgan fingerprint density at radius 3 is 2.46 bits per heavy atom. The lowest BCUT2D eigenvalue weighted by atomic mass is 10.0. The number of hydrogen-bond acceptors (Lipinski definition) is 6. The van der Waals surface area contributed by atoms with Gasteiger partial charge in [0.15, 0.2) is 5.01 Å². The molecule has 0 aliphatic carbocycles. The molecule has 0 bridgehead atoms. The molecular weight excluding hydrogens is 527 g/mol. The van der Waals surface area contributed by atoms with E-state index in [0.717, 1.165) is 36.8 Å². The van der Waals surface area contributed by atoms with Gasteiger partial charge in [-0.1, -0.05) is 12.1 Å². The summed E-state index contributed by atoms with van der Waals surface area (Å²) in [5.41, 5.74) is 2.63. The zero-order valence-electron chi connectivity index (χ0n) is 21.2. The summed E-state index contributed by atoms with van der Waals surface area (Å²) >= 11 is 1.36. The Bertz CT molecular complexity index is 1370. The molecule has 0 atom stereocenters. The zero-order chi connectivity index (χ0) is 27.1. The summed E-state index contributed by atoms with van der Waals surface area (Å²) in [5, 5.41) is 2.33. The van der Waals surface area contributed by atoms with Crippen molar-refractivity contribution in [1.29, 1.82) is 0 Å². The number of amides is 2. The number of carbonyl (C=O) groups excluding carboxylic acids is 2. The fourth-order valence-corrected chi connectivity index (χ4v) is 6.23. The van der Waals surface area contributed by atoms with Crippen molar-refractivity contribution < 1.29 is 22.8 Å². The Morgan fingerprint density at radius 1 is 0.949 bits per heavy atom. The number of rotatable bonds is 5. The lowest BCUT2D eigenvalue weighted by molar-refractivity contribution is -0.137. The average Bonchev–Trinajstić information content (AvgIpc) is 3.58. The highest BCUT2D eigenvalue weighted by Crippen LogP contribution is 2.33. The molecule has 4 heterocycles. The predicted molar refractivity (Wildman–Crippen MR) is 142 cm³/mol. The quantitative estimate of drug-likeness (QED) is 0.476. The maximum atomic E-state index is 13.2. The third kappa shape index (κ3) is 5.25. The first-order valence-corrected chi connectivity index (χ1v) is 13.9. The van der Waals surface area contributed by atoms with Gasteiger partial charge in [0.25, 0.3) is 11.8 Å². The lowest BCUT2D eigenvalue weighted by Gasteiger charge is -2.48. The Kier molecular flexibility index (Phi) is 6.80. The summed E-state index contributed by atoms with van der Waals surface area (Å²) in [4.78, 5) is 37.9. The van der Waals surface area contributed by atoms with Crippen LogP contribution in [0.3, 0.4) is 0 Å². The van der Waals surface area contributed by atoms with Crippen molar-refractivity contribution in [1.82, 2.24) is 19.7 Å². The second-order valence-electron chi connectivity index (χ2n) is 10.2. The van der Waals surface area contributed by atoms with Crippen molar-refractivity contribution in [2.45, 2.75) is 25.2 Å². The second-order valence-corrected chi connectivity index (χ2v) is 11.1. The van der Waals surface area contributed by atoms with Crippen molar-refractivity contribution in [3.8, 4) is 0 Å². The highest BCUT2D eigenvalue weighted by atomic mass is 32.1. The van der Waals surface area contributed by atoms with Gasteiger partial charge in [-0.3, -0.25) is 14.5 Å². The molecule has 2 fully saturated rings. The number of halogens is 3. The Morgan fingerprint density at radius 2 is 1.74 bits per heavy atom. The number of nitrogens with zero attached hydrogens (tertiary/aromatic N) is 5. The van der Waals surface area contributed by atoms with E-state index >= 15 is 0 Å². The van der Waals surface area contributed by atoms with E-state index in [1.165, 1.54) is 23.5 Å². The first-order valence-electron chi connectivity index (χ1n) is 13.0. The van der Waals surface area contributed by atoms with Crippen molar-refractivity contribution >= 4 is 28.8 Å². The van der Waals surface area contributed by atoms with Gasteiger partial charge in [-0.2, -0.15) is 13.2 Å². The lowest BCUT2D eigenvalue weighted by Crippen LogP contribution is -2.64. The van der Waals surface area contributed by atoms with E-state index in [0.29, 0.717) is 61.4 Å². The van der Waals surface area contributed by atoms with Crippen LogP contribution in [0.5, 0.6) is 0 Å². The Balaban J connectivity index is 1.02. The largest absolute Gasteiger partial charge is 0.416 e. The normalized spacial score (nSPS) is 18.3. The van der Waals surface area contributed by atoms with Crippen molar-refractivity contribution in [3.05, 3.63) is 81.3 Å². The van der Waals surface area contributed by atoms with Crippen LogP contribution in [-0.2, 0) is 19.1 Å². The summed E-state index contributed by atoms with van der Waals surface area (Å²) in [5.74, 6) is -0.0111. The molecule has 6 rings (SSSR count). The molecule has 2 saturated heterocycles. The van der Waals surface area contributed by atoms with Crippen LogP contribution in [0.2, 0.25) is 0 Å². The smallest absolute Gasteiger partial charge is 0.367 e. The third-order valence-corrected chi connectivity index (χ3v) is 8.59. The predicted octanol–water partition coefficient (Wildman–Crippen LogP) is 4.01. The molecule has 2 amide bonds. The fourth-order valence-electron chi connectivity index (χ4n) is 5.62.